The van der Waals surface area contributed by atoms with Crippen molar-refractivity contribution >= 4 is 28.8 Å². The lowest BCUT2D eigenvalue weighted by Crippen LogP contribution is -2.12. The first kappa shape index (κ1) is 14.3. The smallest absolute Gasteiger partial charge is 0.129 e. The number of unbranched alkanes of at least 4 members (excludes halogenated alkanes) is 3. The Morgan fingerprint density at radius 2 is 2.12 bits per heavy atom. The van der Waals surface area contributed by atoms with E-state index in [1.54, 1.807) is 12.1 Å². The number of rotatable bonds is 7. The Morgan fingerprint density at radius 1 is 1.35 bits per heavy atom. The molecule has 94 valence electrons. The van der Waals surface area contributed by atoms with Crippen LogP contribution in [0.25, 0.3) is 0 Å². The van der Waals surface area contributed by atoms with Gasteiger partial charge in [-0.2, -0.15) is 0 Å². The molecule has 0 bridgehead atoms. The van der Waals surface area contributed by atoms with Crippen molar-refractivity contribution in [2.75, 3.05) is 6.61 Å². The third kappa shape index (κ3) is 4.92. The summed E-state index contributed by atoms with van der Waals surface area (Å²) in [6, 6.07) is 5.34. The molecule has 0 fully saturated rings. The molecule has 0 heterocycles. The maximum Gasteiger partial charge on any atom is 0.129 e. The van der Waals surface area contributed by atoms with E-state index in [0.717, 1.165) is 12.2 Å². The van der Waals surface area contributed by atoms with Crippen molar-refractivity contribution in [2.45, 2.75) is 32.6 Å². The lowest BCUT2D eigenvalue weighted by atomic mass is 10.2. The standard InChI is InChI=1S/C13H18ClNOS/c1-2-3-4-5-8-16-12-7-6-10(14)9-11(12)13(15)17/h6-7,9H,2-5,8H2,1H3,(H2,15,17). The van der Waals surface area contributed by atoms with Crippen molar-refractivity contribution in [3.05, 3.63) is 28.8 Å². The quantitative estimate of drug-likeness (QED) is 0.603. The maximum absolute atomic E-state index is 5.89. The molecule has 2 N–H and O–H groups in total. The molecule has 0 aromatic heterocycles. The Bertz CT molecular complexity index is 382. The fourth-order valence-corrected chi connectivity index (χ4v) is 1.86. The molecule has 17 heavy (non-hydrogen) atoms. The van der Waals surface area contributed by atoms with E-state index in [4.69, 9.17) is 34.3 Å². The summed E-state index contributed by atoms with van der Waals surface area (Å²) in [5.41, 5.74) is 6.34. The summed E-state index contributed by atoms with van der Waals surface area (Å²) in [6.07, 6.45) is 4.70. The van der Waals surface area contributed by atoms with Crippen LogP contribution in [0.3, 0.4) is 0 Å². The lowest BCUT2D eigenvalue weighted by Gasteiger charge is -2.10. The minimum absolute atomic E-state index is 0.316. The second-order valence-corrected chi connectivity index (χ2v) is 4.79. The van der Waals surface area contributed by atoms with E-state index in [1.807, 2.05) is 6.07 Å². The molecule has 1 aromatic carbocycles. The van der Waals surface area contributed by atoms with E-state index in [0.29, 0.717) is 22.2 Å². The van der Waals surface area contributed by atoms with Crippen LogP contribution in [-0.2, 0) is 0 Å². The van der Waals surface area contributed by atoms with E-state index in [-0.39, 0.29) is 0 Å². The Kier molecular flexibility index (Phi) is 6.30. The highest BCUT2D eigenvalue weighted by Gasteiger charge is 2.07. The molecule has 0 aliphatic rings. The van der Waals surface area contributed by atoms with Crippen LogP contribution in [0.15, 0.2) is 18.2 Å². The molecule has 0 radical (unpaired) electrons. The van der Waals surface area contributed by atoms with E-state index >= 15 is 0 Å². The van der Waals surface area contributed by atoms with Crippen LogP contribution < -0.4 is 10.5 Å². The molecule has 0 unspecified atom stereocenters. The number of thiocarbonyl (C=S) groups is 1. The molecule has 0 aliphatic heterocycles. The first-order valence-corrected chi connectivity index (χ1v) is 6.66. The van der Waals surface area contributed by atoms with Gasteiger partial charge in [-0.3, -0.25) is 0 Å². The predicted molar refractivity (Wildman–Crippen MR) is 77.0 cm³/mol. The summed E-state index contributed by atoms with van der Waals surface area (Å²) in [5.74, 6) is 0.721. The number of halogens is 1. The first-order chi connectivity index (χ1) is 8.15. The highest BCUT2D eigenvalue weighted by molar-refractivity contribution is 7.80. The highest BCUT2D eigenvalue weighted by Crippen LogP contribution is 2.23. The van der Waals surface area contributed by atoms with Gasteiger partial charge in [-0.05, 0) is 24.6 Å². The first-order valence-electron chi connectivity index (χ1n) is 5.87. The highest BCUT2D eigenvalue weighted by atomic mass is 35.5. The van der Waals surface area contributed by atoms with Gasteiger partial charge in [0, 0.05) is 5.02 Å². The molecular weight excluding hydrogens is 254 g/mol. The molecule has 1 aromatic rings. The van der Waals surface area contributed by atoms with Crippen molar-refractivity contribution in [1.29, 1.82) is 0 Å². The molecule has 0 atom stereocenters. The summed E-state index contributed by atoms with van der Waals surface area (Å²) >= 11 is 10.9. The lowest BCUT2D eigenvalue weighted by molar-refractivity contribution is 0.304. The van der Waals surface area contributed by atoms with Gasteiger partial charge in [0.15, 0.2) is 0 Å². The minimum Gasteiger partial charge on any atom is -0.493 e. The van der Waals surface area contributed by atoms with Crippen LogP contribution >= 0.6 is 23.8 Å². The van der Waals surface area contributed by atoms with E-state index in [2.05, 4.69) is 6.92 Å². The van der Waals surface area contributed by atoms with Gasteiger partial charge in [0.1, 0.15) is 10.7 Å². The summed E-state index contributed by atoms with van der Waals surface area (Å²) in [5, 5.41) is 0.617. The zero-order chi connectivity index (χ0) is 12.7. The third-order valence-corrected chi connectivity index (χ3v) is 2.92. The summed E-state index contributed by atoms with van der Waals surface area (Å²) in [7, 11) is 0. The van der Waals surface area contributed by atoms with Gasteiger partial charge >= 0.3 is 0 Å². The Balaban J connectivity index is 2.55. The fourth-order valence-electron chi connectivity index (χ4n) is 1.53. The SMILES string of the molecule is CCCCCCOc1ccc(Cl)cc1C(N)=S. The van der Waals surface area contributed by atoms with Crippen molar-refractivity contribution in [3.63, 3.8) is 0 Å². The molecule has 0 aliphatic carbocycles. The van der Waals surface area contributed by atoms with Gasteiger partial charge in [-0.1, -0.05) is 50.0 Å². The van der Waals surface area contributed by atoms with Gasteiger partial charge in [0.25, 0.3) is 0 Å². The zero-order valence-corrected chi connectivity index (χ0v) is 11.6. The monoisotopic (exact) mass is 271 g/mol. The van der Waals surface area contributed by atoms with Crippen LogP contribution in [0.1, 0.15) is 38.2 Å². The van der Waals surface area contributed by atoms with Gasteiger partial charge in [-0.25, -0.2) is 0 Å². The second kappa shape index (κ2) is 7.51. The molecule has 2 nitrogen and oxygen atoms in total. The Morgan fingerprint density at radius 3 is 2.76 bits per heavy atom. The normalized spacial score (nSPS) is 10.2. The minimum atomic E-state index is 0.316. The number of hydrogen-bond acceptors (Lipinski definition) is 2. The topological polar surface area (TPSA) is 35.2 Å². The van der Waals surface area contributed by atoms with Crippen molar-refractivity contribution < 1.29 is 4.74 Å². The van der Waals surface area contributed by atoms with Crippen molar-refractivity contribution in [1.82, 2.24) is 0 Å². The van der Waals surface area contributed by atoms with Gasteiger partial charge in [0.05, 0.1) is 12.2 Å². The molecule has 0 saturated carbocycles. The molecular formula is C13H18ClNOS. The largest absolute Gasteiger partial charge is 0.493 e. The van der Waals surface area contributed by atoms with Crippen LogP contribution in [0, 0.1) is 0 Å². The van der Waals surface area contributed by atoms with Gasteiger partial charge < -0.3 is 10.5 Å². The van der Waals surface area contributed by atoms with Gasteiger partial charge in [0.2, 0.25) is 0 Å². The Labute approximate surface area is 113 Å². The number of hydrogen-bond donors (Lipinski definition) is 1. The number of benzene rings is 1. The van der Waals surface area contributed by atoms with E-state index < -0.39 is 0 Å². The molecule has 1 rings (SSSR count). The fraction of sp³-hybridized carbons (Fsp3) is 0.462. The second-order valence-electron chi connectivity index (χ2n) is 3.91. The van der Waals surface area contributed by atoms with Gasteiger partial charge in [-0.15, -0.1) is 0 Å². The summed E-state index contributed by atoms with van der Waals surface area (Å²) in [4.78, 5) is 0.316. The number of ether oxygens (including phenoxy) is 1. The van der Waals surface area contributed by atoms with Crippen LogP contribution in [0.5, 0.6) is 5.75 Å². The molecule has 4 heteroatoms. The summed E-state index contributed by atoms with van der Waals surface area (Å²) in [6.45, 7) is 2.88. The van der Waals surface area contributed by atoms with Crippen molar-refractivity contribution in [2.24, 2.45) is 5.73 Å². The van der Waals surface area contributed by atoms with E-state index in [1.165, 1.54) is 19.3 Å². The molecule has 0 saturated heterocycles. The average Bonchev–Trinajstić information content (AvgIpc) is 2.30. The van der Waals surface area contributed by atoms with Crippen LogP contribution in [0.2, 0.25) is 5.02 Å². The third-order valence-electron chi connectivity index (χ3n) is 2.46. The van der Waals surface area contributed by atoms with Crippen molar-refractivity contribution in [3.8, 4) is 5.75 Å². The maximum atomic E-state index is 5.89. The average molecular weight is 272 g/mol. The summed E-state index contributed by atoms with van der Waals surface area (Å²) < 4.78 is 5.67. The van der Waals surface area contributed by atoms with E-state index in [9.17, 15) is 0 Å². The number of nitrogens with two attached hydrogens (primary N) is 1. The molecule has 0 amide bonds. The van der Waals surface area contributed by atoms with Crippen LogP contribution in [-0.4, -0.2) is 11.6 Å². The van der Waals surface area contributed by atoms with Crippen LogP contribution in [0.4, 0.5) is 0 Å². The predicted octanol–water partition coefficient (Wildman–Crippen LogP) is 3.93. The molecule has 0 spiro atoms. The Hall–Kier alpha value is -0.800. The zero-order valence-electron chi connectivity index (χ0n) is 10.0.